The summed E-state index contributed by atoms with van der Waals surface area (Å²) in [4.78, 5) is 22.3. The molecule has 1 saturated carbocycles. The smallest absolute Gasteiger partial charge is 0.241 e. The minimum atomic E-state index is -0.151. The Morgan fingerprint density at radius 2 is 1.85 bits per heavy atom. The summed E-state index contributed by atoms with van der Waals surface area (Å²) in [5.74, 6) is 0.253. The maximum Gasteiger partial charge on any atom is 0.241 e. The Labute approximate surface area is 78.0 Å². The standard InChI is InChI=1S/C9H16N2O2/c1-5(2)8(12)10-11-9(13)7-4-6(7)3/h5-7H,4H2,1-3H3,(H,10,12)(H,11,13)/t6-,7-/m1/s1. The highest BCUT2D eigenvalue weighted by atomic mass is 16.2. The van der Waals surface area contributed by atoms with Crippen molar-refractivity contribution in [2.75, 3.05) is 0 Å². The lowest BCUT2D eigenvalue weighted by Gasteiger charge is -2.08. The third-order valence-corrected chi connectivity index (χ3v) is 2.28. The molecule has 2 amide bonds. The van der Waals surface area contributed by atoms with Gasteiger partial charge in [-0.15, -0.1) is 0 Å². The summed E-state index contributed by atoms with van der Waals surface area (Å²) in [6.07, 6.45) is 0.934. The molecule has 74 valence electrons. The maximum atomic E-state index is 11.2. The number of hydrogen-bond donors (Lipinski definition) is 2. The van der Waals surface area contributed by atoms with Gasteiger partial charge in [0.1, 0.15) is 0 Å². The van der Waals surface area contributed by atoms with Crippen LogP contribution in [0.25, 0.3) is 0 Å². The second kappa shape index (κ2) is 3.77. The molecule has 4 nitrogen and oxygen atoms in total. The fourth-order valence-corrected chi connectivity index (χ4v) is 1.05. The fourth-order valence-electron chi connectivity index (χ4n) is 1.05. The lowest BCUT2D eigenvalue weighted by Crippen LogP contribution is -2.44. The Morgan fingerprint density at radius 1 is 1.31 bits per heavy atom. The second-order valence-corrected chi connectivity index (χ2v) is 3.95. The molecule has 13 heavy (non-hydrogen) atoms. The van der Waals surface area contributed by atoms with Gasteiger partial charge in [-0.1, -0.05) is 20.8 Å². The van der Waals surface area contributed by atoms with Crippen molar-refractivity contribution >= 4 is 11.8 Å². The normalized spacial score (nSPS) is 25.5. The van der Waals surface area contributed by atoms with Crippen molar-refractivity contribution in [3.05, 3.63) is 0 Å². The lowest BCUT2D eigenvalue weighted by molar-refractivity contribution is -0.131. The molecule has 2 atom stereocenters. The van der Waals surface area contributed by atoms with Crippen molar-refractivity contribution in [2.45, 2.75) is 27.2 Å². The van der Waals surface area contributed by atoms with E-state index in [-0.39, 0.29) is 23.7 Å². The number of hydrazine groups is 1. The zero-order valence-electron chi connectivity index (χ0n) is 8.26. The first-order valence-electron chi connectivity index (χ1n) is 4.62. The molecule has 0 unspecified atom stereocenters. The lowest BCUT2D eigenvalue weighted by atomic mass is 10.2. The summed E-state index contributed by atoms with van der Waals surface area (Å²) >= 11 is 0. The number of rotatable bonds is 2. The summed E-state index contributed by atoms with van der Waals surface area (Å²) < 4.78 is 0. The summed E-state index contributed by atoms with van der Waals surface area (Å²) in [5.41, 5.74) is 4.80. The van der Waals surface area contributed by atoms with Crippen LogP contribution in [0.5, 0.6) is 0 Å². The molecule has 0 bridgehead atoms. The molecule has 0 aromatic carbocycles. The van der Waals surface area contributed by atoms with E-state index in [2.05, 4.69) is 10.9 Å². The predicted molar refractivity (Wildman–Crippen MR) is 48.4 cm³/mol. The number of nitrogens with one attached hydrogen (secondary N) is 2. The van der Waals surface area contributed by atoms with Crippen LogP contribution in [0.2, 0.25) is 0 Å². The third kappa shape index (κ3) is 2.72. The first kappa shape index (κ1) is 10.0. The molecule has 0 heterocycles. The Bertz CT molecular complexity index is 226. The van der Waals surface area contributed by atoms with Crippen molar-refractivity contribution in [3.8, 4) is 0 Å². The second-order valence-electron chi connectivity index (χ2n) is 3.95. The van der Waals surface area contributed by atoms with E-state index in [1.807, 2.05) is 6.92 Å². The summed E-state index contributed by atoms with van der Waals surface area (Å²) in [7, 11) is 0. The van der Waals surface area contributed by atoms with Crippen LogP contribution in [0.3, 0.4) is 0 Å². The molecular weight excluding hydrogens is 168 g/mol. The van der Waals surface area contributed by atoms with E-state index in [1.54, 1.807) is 13.8 Å². The highest BCUT2D eigenvalue weighted by Crippen LogP contribution is 2.37. The highest BCUT2D eigenvalue weighted by Gasteiger charge is 2.39. The molecule has 0 saturated heterocycles. The van der Waals surface area contributed by atoms with Gasteiger partial charge in [-0.2, -0.15) is 0 Å². The topological polar surface area (TPSA) is 58.2 Å². The van der Waals surface area contributed by atoms with Crippen molar-refractivity contribution in [1.29, 1.82) is 0 Å². The number of carbonyl (C=O) groups excluding carboxylic acids is 2. The van der Waals surface area contributed by atoms with Crippen LogP contribution in [-0.2, 0) is 9.59 Å². The molecule has 1 aliphatic carbocycles. The Kier molecular flexibility index (Phi) is 2.90. The molecular formula is C9H16N2O2. The predicted octanol–water partition coefficient (Wildman–Crippen LogP) is 0.446. The molecule has 0 aromatic rings. The molecule has 4 heteroatoms. The zero-order chi connectivity index (χ0) is 10.0. The minimum Gasteiger partial charge on any atom is -0.273 e. The molecule has 0 aromatic heterocycles. The van der Waals surface area contributed by atoms with Crippen molar-refractivity contribution in [2.24, 2.45) is 17.8 Å². The van der Waals surface area contributed by atoms with Gasteiger partial charge < -0.3 is 0 Å². The van der Waals surface area contributed by atoms with E-state index in [0.29, 0.717) is 5.92 Å². The third-order valence-electron chi connectivity index (χ3n) is 2.28. The van der Waals surface area contributed by atoms with Gasteiger partial charge >= 0.3 is 0 Å². The highest BCUT2D eigenvalue weighted by molar-refractivity contribution is 5.85. The largest absolute Gasteiger partial charge is 0.273 e. The number of hydrogen-bond acceptors (Lipinski definition) is 2. The quantitative estimate of drug-likeness (QED) is 0.612. The fraction of sp³-hybridized carbons (Fsp3) is 0.778. The summed E-state index contributed by atoms with van der Waals surface area (Å²) in [5, 5.41) is 0. The van der Waals surface area contributed by atoms with E-state index in [4.69, 9.17) is 0 Å². The van der Waals surface area contributed by atoms with E-state index >= 15 is 0 Å². The first-order valence-corrected chi connectivity index (χ1v) is 4.62. The minimum absolute atomic E-state index is 0.0681. The zero-order valence-corrected chi connectivity index (χ0v) is 8.26. The first-order chi connectivity index (χ1) is 6.02. The van der Waals surface area contributed by atoms with Crippen LogP contribution >= 0.6 is 0 Å². The van der Waals surface area contributed by atoms with E-state index in [9.17, 15) is 9.59 Å². The van der Waals surface area contributed by atoms with Crippen molar-refractivity contribution in [1.82, 2.24) is 10.9 Å². The summed E-state index contributed by atoms with van der Waals surface area (Å²) in [6.45, 7) is 5.58. The van der Waals surface area contributed by atoms with Gasteiger partial charge in [0.25, 0.3) is 0 Å². The number of amides is 2. The van der Waals surface area contributed by atoms with Gasteiger partial charge in [-0.3, -0.25) is 20.4 Å². The van der Waals surface area contributed by atoms with Gasteiger partial charge in [0.2, 0.25) is 11.8 Å². The van der Waals surface area contributed by atoms with Gasteiger partial charge in [0, 0.05) is 11.8 Å². The van der Waals surface area contributed by atoms with Crippen molar-refractivity contribution < 1.29 is 9.59 Å². The van der Waals surface area contributed by atoms with Crippen LogP contribution < -0.4 is 10.9 Å². The van der Waals surface area contributed by atoms with E-state index in [1.165, 1.54) is 0 Å². The average molecular weight is 184 g/mol. The maximum absolute atomic E-state index is 11.2. The van der Waals surface area contributed by atoms with E-state index in [0.717, 1.165) is 6.42 Å². The van der Waals surface area contributed by atoms with Gasteiger partial charge in [0.05, 0.1) is 0 Å². The average Bonchev–Trinajstić information content (AvgIpc) is 2.77. The van der Waals surface area contributed by atoms with E-state index < -0.39 is 0 Å². The Balaban J connectivity index is 2.19. The Morgan fingerprint density at radius 3 is 2.23 bits per heavy atom. The van der Waals surface area contributed by atoms with Crippen LogP contribution in [0, 0.1) is 17.8 Å². The van der Waals surface area contributed by atoms with Crippen LogP contribution in [0.1, 0.15) is 27.2 Å². The van der Waals surface area contributed by atoms with Crippen LogP contribution in [0.4, 0.5) is 0 Å². The van der Waals surface area contributed by atoms with Crippen LogP contribution in [0.15, 0.2) is 0 Å². The monoisotopic (exact) mass is 184 g/mol. The molecule has 1 fully saturated rings. The molecule has 0 aliphatic heterocycles. The van der Waals surface area contributed by atoms with Crippen LogP contribution in [-0.4, -0.2) is 11.8 Å². The van der Waals surface area contributed by atoms with Gasteiger partial charge in [-0.05, 0) is 12.3 Å². The van der Waals surface area contributed by atoms with Crippen molar-refractivity contribution in [3.63, 3.8) is 0 Å². The Hall–Kier alpha value is -1.06. The SMILES string of the molecule is CC(C)C(=O)NNC(=O)[C@@H]1C[C@H]1C. The number of carbonyl (C=O) groups is 2. The molecule has 2 N–H and O–H groups in total. The molecule has 0 radical (unpaired) electrons. The summed E-state index contributed by atoms with van der Waals surface area (Å²) in [6, 6.07) is 0. The molecule has 0 spiro atoms. The van der Waals surface area contributed by atoms with Gasteiger partial charge in [-0.25, -0.2) is 0 Å². The molecule has 1 rings (SSSR count). The molecule has 1 aliphatic rings. The van der Waals surface area contributed by atoms with Gasteiger partial charge in [0.15, 0.2) is 0 Å².